The van der Waals surface area contributed by atoms with Crippen molar-refractivity contribution in [3.05, 3.63) is 0 Å². The zero-order chi connectivity index (χ0) is 9.90. The summed E-state index contributed by atoms with van der Waals surface area (Å²) in [5, 5.41) is 21.8. The SMILES string of the molecule is OCCCC1C=NOC1(O)C(Cl)Cl. The molecule has 2 atom stereocenters. The minimum absolute atomic E-state index is 0.0512. The van der Waals surface area contributed by atoms with Crippen LogP contribution in [0.25, 0.3) is 0 Å². The van der Waals surface area contributed by atoms with Crippen molar-refractivity contribution in [2.75, 3.05) is 6.61 Å². The quantitative estimate of drug-likeness (QED) is 0.702. The van der Waals surface area contributed by atoms with Crippen LogP contribution in [0.1, 0.15) is 12.8 Å². The maximum atomic E-state index is 9.76. The van der Waals surface area contributed by atoms with E-state index in [1.807, 2.05) is 0 Å². The van der Waals surface area contributed by atoms with Crippen molar-refractivity contribution in [2.45, 2.75) is 23.5 Å². The van der Waals surface area contributed by atoms with Crippen molar-refractivity contribution in [1.29, 1.82) is 0 Å². The molecule has 0 amide bonds. The fourth-order valence-corrected chi connectivity index (χ4v) is 1.56. The van der Waals surface area contributed by atoms with Gasteiger partial charge in [0.2, 0.25) is 0 Å². The average Bonchev–Trinajstić information content (AvgIpc) is 2.45. The van der Waals surface area contributed by atoms with E-state index < -0.39 is 10.6 Å². The summed E-state index contributed by atoms with van der Waals surface area (Å²) in [4.78, 5) is 3.63. The largest absolute Gasteiger partial charge is 0.396 e. The topological polar surface area (TPSA) is 62.1 Å². The van der Waals surface area contributed by atoms with Gasteiger partial charge in [0.05, 0.1) is 12.1 Å². The molecule has 0 fully saturated rings. The molecule has 0 aromatic carbocycles. The van der Waals surface area contributed by atoms with Gasteiger partial charge in [-0.25, -0.2) is 0 Å². The molecule has 76 valence electrons. The van der Waals surface area contributed by atoms with Crippen molar-refractivity contribution in [1.82, 2.24) is 0 Å². The van der Waals surface area contributed by atoms with Crippen LogP contribution in [-0.4, -0.2) is 33.7 Å². The monoisotopic (exact) mass is 227 g/mol. The first-order valence-electron chi connectivity index (χ1n) is 3.94. The first-order valence-corrected chi connectivity index (χ1v) is 4.81. The number of aliphatic hydroxyl groups is 2. The molecule has 2 unspecified atom stereocenters. The first-order chi connectivity index (χ1) is 6.11. The average molecular weight is 228 g/mol. The molecular weight excluding hydrogens is 217 g/mol. The van der Waals surface area contributed by atoms with Gasteiger partial charge in [0.1, 0.15) is 0 Å². The third-order valence-corrected chi connectivity index (χ3v) is 2.58. The molecule has 2 N–H and O–H groups in total. The van der Waals surface area contributed by atoms with E-state index in [0.29, 0.717) is 12.8 Å². The molecule has 4 nitrogen and oxygen atoms in total. The number of halogens is 2. The van der Waals surface area contributed by atoms with Crippen molar-refractivity contribution in [3.63, 3.8) is 0 Å². The Balaban J connectivity index is 2.56. The van der Waals surface area contributed by atoms with Gasteiger partial charge >= 0.3 is 0 Å². The van der Waals surface area contributed by atoms with Gasteiger partial charge in [-0.3, -0.25) is 0 Å². The van der Waals surface area contributed by atoms with Crippen LogP contribution in [0.2, 0.25) is 0 Å². The van der Waals surface area contributed by atoms with Crippen molar-refractivity contribution in [3.8, 4) is 0 Å². The molecule has 0 aromatic rings. The van der Waals surface area contributed by atoms with E-state index in [1.165, 1.54) is 6.21 Å². The number of aliphatic hydroxyl groups excluding tert-OH is 1. The fraction of sp³-hybridized carbons (Fsp3) is 0.857. The van der Waals surface area contributed by atoms with E-state index in [2.05, 4.69) is 5.16 Å². The molecule has 1 heterocycles. The van der Waals surface area contributed by atoms with Crippen LogP contribution in [0.5, 0.6) is 0 Å². The molecule has 0 spiro atoms. The van der Waals surface area contributed by atoms with E-state index >= 15 is 0 Å². The molecule has 1 aliphatic rings. The van der Waals surface area contributed by atoms with Crippen LogP contribution in [0.4, 0.5) is 0 Å². The number of hydrogen-bond acceptors (Lipinski definition) is 4. The molecule has 6 heteroatoms. The number of alkyl halides is 2. The number of hydrogen-bond donors (Lipinski definition) is 2. The Kier molecular flexibility index (Phi) is 3.79. The third-order valence-electron chi connectivity index (χ3n) is 1.96. The van der Waals surface area contributed by atoms with Gasteiger partial charge < -0.3 is 15.1 Å². The minimum atomic E-state index is -1.64. The number of nitrogens with zero attached hydrogens (tertiary/aromatic N) is 1. The molecule has 0 aliphatic carbocycles. The Morgan fingerprint density at radius 1 is 1.62 bits per heavy atom. The lowest BCUT2D eigenvalue weighted by atomic mass is 9.96. The summed E-state index contributed by atoms with van der Waals surface area (Å²) in [5.74, 6) is -2.00. The van der Waals surface area contributed by atoms with E-state index in [-0.39, 0.29) is 12.5 Å². The summed E-state index contributed by atoms with van der Waals surface area (Å²) in [7, 11) is 0. The summed E-state index contributed by atoms with van der Waals surface area (Å²) in [6.07, 6.45) is 2.53. The zero-order valence-corrected chi connectivity index (χ0v) is 8.37. The summed E-state index contributed by atoms with van der Waals surface area (Å²) >= 11 is 11.1. The van der Waals surface area contributed by atoms with E-state index in [0.717, 1.165) is 0 Å². The summed E-state index contributed by atoms with van der Waals surface area (Å²) in [6.45, 7) is 0.0512. The van der Waals surface area contributed by atoms with Crippen LogP contribution in [0.15, 0.2) is 5.16 Å². The summed E-state index contributed by atoms with van der Waals surface area (Å²) < 4.78 is 0. The molecule has 0 aromatic heterocycles. The van der Waals surface area contributed by atoms with Gasteiger partial charge in [-0.1, -0.05) is 28.4 Å². The number of rotatable bonds is 4. The van der Waals surface area contributed by atoms with E-state index in [9.17, 15) is 5.11 Å². The second kappa shape index (κ2) is 4.46. The highest BCUT2D eigenvalue weighted by atomic mass is 35.5. The highest BCUT2D eigenvalue weighted by molar-refractivity contribution is 6.45. The Hall–Kier alpha value is -0.0300. The van der Waals surface area contributed by atoms with Gasteiger partial charge in [-0.05, 0) is 12.8 Å². The van der Waals surface area contributed by atoms with Crippen LogP contribution in [-0.2, 0) is 4.84 Å². The van der Waals surface area contributed by atoms with Gasteiger partial charge in [0, 0.05) is 6.61 Å². The second-order valence-corrected chi connectivity index (χ2v) is 3.97. The lowest BCUT2D eigenvalue weighted by molar-refractivity contribution is -0.198. The van der Waals surface area contributed by atoms with Gasteiger partial charge in [-0.15, -0.1) is 0 Å². The van der Waals surface area contributed by atoms with Crippen molar-refractivity contribution in [2.24, 2.45) is 11.1 Å². The lowest BCUT2D eigenvalue weighted by Crippen LogP contribution is -2.43. The molecule has 0 saturated heterocycles. The molecule has 1 rings (SSSR count). The normalized spacial score (nSPS) is 32.5. The molecular formula is C7H11Cl2NO3. The van der Waals surface area contributed by atoms with Crippen molar-refractivity contribution >= 4 is 29.4 Å². The summed E-state index contributed by atoms with van der Waals surface area (Å²) in [5.41, 5.74) is 0. The van der Waals surface area contributed by atoms with Crippen molar-refractivity contribution < 1.29 is 15.1 Å². The highest BCUT2D eigenvalue weighted by Crippen LogP contribution is 2.35. The molecule has 0 bridgehead atoms. The standard InChI is InChI=1S/C7H11Cl2NO3/c8-6(9)7(12)5(2-1-3-11)4-10-13-7/h4-6,11-12H,1-3H2. The minimum Gasteiger partial charge on any atom is -0.396 e. The Morgan fingerprint density at radius 3 is 2.85 bits per heavy atom. The van der Waals surface area contributed by atoms with Crippen LogP contribution in [0.3, 0.4) is 0 Å². The van der Waals surface area contributed by atoms with Crippen LogP contribution < -0.4 is 0 Å². The third kappa shape index (κ3) is 2.26. The summed E-state index contributed by atoms with van der Waals surface area (Å²) in [6, 6.07) is 0. The maximum Gasteiger partial charge on any atom is 0.272 e. The van der Waals surface area contributed by atoms with Gasteiger partial charge in [0.25, 0.3) is 5.79 Å². The van der Waals surface area contributed by atoms with E-state index in [4.69, 9.17) is 33.1 Å². The molecule has 13 heavy (non-hydrogen) atoms. The second-order valence-electron chi connectivity index (χ2n) is 2.87. The predicted octanol–water partition coefficient (Wildman–Crippen LogP) is 0.883. The molecule has 0 radical (unpaired) electrons. The smallest absolute Gasteiger partial charge is 0.272 e. The van der Waals surface area contributed by atoms with Crippen LogP contribution >= 0.6 is 23.2 Å². The Morgan fingerprint density at radius 2 is 2.31 bits per heavy atom. The molecule has 0 saturated carbocycles. The Labute approximate surface area is 86.1 Å². The number of oxime groups is 1. The Bertz CT molecular complexity index is 200. The predicted molar refractivity (Wildman–Crippen MR) is 49.8 cm³/mol. The van der Waals surface area contributed by atoms with Crippen LogP contribution in [0, 0.1) is 5.92 Å². The fourth-order valence-electron chi connectivity index (χ4n) is 1.16. The van der Waals surface area contributed by atoms with Gasteiger partial charge in [-0.2, -0.15) is 0 Å². The van der Waals surface area contributed by atoms with Gasteiger partial charge in [0.15, 0.2) is 4.84 Å². The zero-order valence-electron chi connectivity index (χ0n) is 6.86. The highest BCUT2D eigenvalue weighted by Gasteiger charge is 2.47. The molecule has 1 aliphatic heterocycles. The van der Waals surface area contributed by atoms with E-state index in [1.54, 1.807) is 0 Å². The lowest BCUT2D eigenvalue weighted by Gasteiger charge is -2.27. The maximum absolute atomic E-state index is 9.76. The first kappa shape index (κ1) is 11.0.